The van der Waals surface area contributed by atoms with Gasteiger partial charge in [0.2, 0.25) is 10.0 Å². The zero-order valence-corrected chi connectivity index (χ0v) is 13.2. The first-order chi connectivity index (χ1) is 9.46. The highest BCUT2D eigenvalue weighted by Crippen LogP contribution is 2.18. The topological polar surface area (TPSA) is 58.2 Å². The molecular weight excluding hydrogens is 296 g/mol. The van der Waals surface area contributed by atoms with Crippen molar-refractivity contribution in [2.24, 2.45) is 0 Å². The van der Waals surface area contributed by atoms with Crippen LogP contribution in [-0.4, -0.2) is 26.8 Å². The summed E-state index contributed by atoms with van der Waals surface area (Å²) >= 11 is 5.82. The van der Waals surface area contributed by atoms with Crippen LogP contribution in [0.25, 0.3) is 0 Å². The van der Waals surface area contributed by atoms with Gasteiger partial charge in [-0.25, -0.2) is 13.1 Å². The van der Waals surface area contributed by atoms with Crippen molar-refractivity contribution < 1.29 is 8.42 Å². The van der Waals surface area contributed by atoms with Crippen LogP contribution in [0.4, 0.5) is 0 Å². The molecule has 112 valence electrons. The predicted octanol–water partition coefficient (Wildman–Crippen LogP) is 2.46. The Balaban J connectivity index is 1.78. The van der Waals surface area contributed by atoms with Crippen LogP contribution < -0.4 is 10.0 Å². The van der Waals surface area contributed by atoms with Crippen molar-refractivity contribution in [3.05, 3.63) is 34.9 Å². The maximum absolute atomic E-state index is 12.0. The van der Waals surface area contributed by atoms with Gasteiger partial charge in [-0.15, -0.1) is 0 Å². The molecule has 0 spiro atoms. The number of benzene rings is 1. The number of sulfonamides is 1. The van der Waals surface area contributed by atoms with Crippen LogP contribution in [0, 0.1) is 0 Å². The Morgan fingerprint density at radius 2 is 1.95 bits per heavy atom. The molecule has 0 aromatic heterocycles. The van der Waals surface area contributed by atoms with Gasteiger partial charge in [0.25, 0.3) is 0 Å². The van der Waals surface area contributed by atoms with Crippen molar-refractivity contribution in [2.45, 2.75) is 38.3 Å². The minimum atomic E-state index is -3.24. The van der Waals surface area contributed by atoms with E-state index in [2.05, 4.69) is 10.0 Å². The third kappa shape index (κ3) is 5.40. The molecule has 0 aliphatic heterocycles. The first kappa shape index (κ1) is 15.8. The summed E-state index contributed by atoms with van der Waals surface area (Å²) in [4.78, 5) is 0. The van der Waals surface area contributed by atoms with Crippen LogP contribution in [-0.2, 0) is 10.0 Å². The summed E-state index contributed by atoms with van der Waals surface area (Å²) in [6, 6.07) is 7.59. The smallest absolute Gasteiger partial charge is 0.212 e. The Bertz CT molecular complexity index is 527. The van der Waals surface area contributed by atoms with Crippen molar-refractivity contribution in [3.8, 4) is 0 Å². The normalized spacial score (nSPS) is 17.1. The summed E-state index contributed by atoms with van der Waals surface area (Å²) < 4.78 is 26.7. The lowest BCUT2D eigenvalue weighted by atomic mass is 10.1. The molecule has 0 radical (unpaired) electrons. The summed E-state index contributed by atoms with van der Waals surface area (Å²) in [5, 5.41) is 3.96. The molecule has 1 unspecified atom stereocenters. The molecule has 1 atom stereocenters. The quantitative estimate of drug-likeness (QED) is 0.724. The van der Waals surface area contributed by atoms with Crippen LogP contribution in [0.15, 0.2) is 24.3 Å². The van der Waals surface area contributed by atoms with E-state index in [-0.39, 0.29) is 11.8 Å². The maximum Gasteiger partial charge on any atom is 0.212 e. The highest BCUT2D eigenvalue weighted by atomic mass is 35.5. The van der Waals surface area contributed by atoms with Gasteiger partial charge in [0.15, 0.2) is 0 Å². The van der Waals surface area contributed by atoms with E-state index in [0.717, 1.165) is 12.1 Å². The SMILES string of the molecule is CC(NS(=O)(=O)CCCNC1CC1)c1ccc(Cl)cc1. The third-order valence-electron chi connectivity index (χ3n) is 3.33. The molecule has 6 heteroatoms. The van der Waals surface area contributed by atoms with Gasteiger partial charge in [0, 0.05) is 17.1 Å². The largest absolute Gasteiger partial charge is 0.314 e. The fourth-order valence-electron chi connectivity index (χ4n) is 2.00. The standard InChI is InChI=1S/C14H21ClN2O2S/c1-11(12-3-5-13(15)6-4-12)17-20(18,19)10-2-9-16-14-7-8-14/h3-6,11,14,16-17H,2,7-10H2,1H3. The molecule has 2 N–H and O–H groups in total. The van der Waals surface area contributed by atoms with Crippen molar-refractivity contribution in [1.82, 2.24) is 10.0 Å². The van der Waals surface area contributed by atoms with Crippen molar-refractivity contribution >= 4 is 21.6 Å². The number of hydrogen-bond acceptors (Lipinski definition) is 3. The minimum Gasteiger partial charge on any atom is -0.314 e. The molecule has 20 heavy (non-hydrogen) atoms. The summed E-state index contributed by atoms with van der Waals surface area (Å²) in [6.45, 7) is 2.60. The van der Waals surface area contributed by atoms with E-state index in [0.29, 0.717) is 17.5 Å². The fourth-order valence-corrected chi connectivity index (χ4v) is 3.45. The highest BCUT2D eigenvalue weighted by Gasteiger charge is 2.20. The number of rotatable bonds is 8. The highest BCUT2D eigenvalue weighted by molar-refractivity contribution is 7.89. The zero-order chi connectivity index (χ0) is 14.6. The molecule has 0 saturated heterocycles. The first-order valence-electron chi connectivity index (χ1n) is 6.95. The Hall–Kier alpha value is -0.620. The van der Waals surface area contributed by atoms with Crippen LogP contribution >= 0.6 is 11.6 Å². The maximum atomic E-state index is 12.0. The monoisotopic (exact) mass is 316 g/mol. The molecule has 1 aromatic carbocycles. The third-order valence-corrected chi connectivity index (χ3v) is 5.12. The van der Waals surface area contributed by atoms with Gasteiger partial charge in [0.1, 0.15) is 0 Å². The predicted molar refractivity (Wildman–Crippen MR) is 82.4 cm³/mol. The number of halogens is 1. The van der Waals surface area contributed by atoms with E-state index in [9.17, 15) is 8.42 Å². The van der Waals surface area contributed by atoms with Gasteiger partial charge in [0.05, 0.1) is 5.75 Å². The lowest BCUT2D eigenvalue weighted by molar-refractivity contribution is 0.561. The lowest BCUT2D eigenvalue weighted by Crippen LogP contribution is -2.30. The van der Waals surface area contributed by atoms with Crippen LogP contribution in [0.1, 0.15) is 37.8 Å². The summed E-state index contributed by atoms with van der Waals surface area (Å²) in [7, 11) is -3.24. The van der Waals surface area contributed by atoms with Gasteiger partial charge in [-0.2, -0.15) is 0 Å². The van der Waals surface area contributed by atoms with E-state index in [4.69, 9.17) is 11.6 Å². The van der Waals surface area contributed by atoms with Gasteiger partial charge >= 0.3 is 0 Å². The second-order valence-corrected chi connectivity index (χ2v) is 7.60. The van der Waals surface area contributed by atoms with E-state index in [1.807, 2.05) is 19.1 Å². The Morgan fingerprint density at radius 3 is 2.55 bits per heavy atom. The summed E-state index contributed by atoms with van der Waals surface area (Å²) in [5.41, 5.74) is 0.911. The molecule has 1 aliphatic carbocycles. The van der Waals surface area contributed by atoms with Gasteiger partial charge in [-0.05, 0) is 50.4 Å². The molecule has 4 nitrogen and oxygen atoms in total. The average Bonchev–Trinajstić information content (AvgIpc) is 3.19. The van der Waals surface area contributed by atoms with Gasteiger partial charge in [-0.3, -0.25) is 0 Å². The second-order valence-electron chi connectivity index (χ2n) is 5.29. The van der Waals surface area contributed by atoms with Crippen molar-refractivity contribution in [3.63, 3.8) is 0 Å². The molecule has 0 amide bonds. The molecule has 0 bridgehead atoms. The second kappa shape index (κ2) is 6.89. The zero-order valence-electron chi connectivity index (χ0n) is 11.6. The van der Waals surface area contributed by atoms with Crippen molar-refractivity contribution in [2.75, 3.05) is 12.3 Å². The molecule has 1 aromatic rings. The number of nitrogens with one attached hydrogen (secondary N) is 2. The molecule has 1 fully saturated rings. The Labute approximate surface area is 126 Å². The average molecular weight is 317 g/mol. The van der Waals surface area contributed by atoms with Gasteiger partial charge < -0.3 is 5.32 Å². The Morgan fingerprint density at radius 1 is 1.30 bits per heavy atom. The van der Waals surface area contributed by atoms with Crippen LogP contribution in [0.2, 0.25) is 5.02 Å². The van der Waals surface area contributed by atoms with Crippen LogP contribution in [0.5, 0.6) is 0 Å². The summed E-state index contributed by atoms with van der Waals surface area (Å²) in [6.07, 6.45) is 3.08. The molecule has 2 rings (SSSR count). The lowest BCUT2D eigenvalue weighted by Gasteiger charge is -2.14. The minimum absolute atomic E-state index is 0.157. The Kier molecular flexibility index (Phi) is 5.43. The summed E-state index contributed by atoms with van der Waals surface area (Å²) in [5.74, 6) is 0.157. The molecule has 0 heterocycles. The van der Waals surface area contributed by atoms with E-state index >= 15 is 0 Å². The van der Waals surface area contributed by atoms with Crippen molar-refractivity contribution in [1.29, 1.82) is 0 Å². The van der Waals surface area contributed by atoms with E-state index in [1.54, 1.807) is 12.1 Å². The van der Waals surface area contributed by atoms with E-state index < -0.39 is 10.0 Å². The van der Waals surface area contributed by atoms with Gasteiger partial charge in [-0.1, -0.05) is 23.7 Å². The molecule has 1 aliphatic rings. The molecule has 1 saturated carbocycles. The first-order valence-corrected chi connectivity index (χ1v) is 8.98. The fraction of sp³-hybridized carbons (Fsp3) is 0.571. The van der Waals surface area contributed by atoms with E-state index in [1.165, 1.54) is 12.8 Å². The number of hydrogen-bond donors (Lipinski definition) is 2. The van der Waals surface area contributed by atoms with Crippen LogP contribution in [0.3, 0.4) is 0 Å². The molecular formula is C14H21ClN2O2S.